The lowest BCUT2D eigenvalue weighted by Crippen LogP contribution is -2.45. The molecular formula is C28H29N5O3. The van der Waals surface area contributed by atoms with Crippen LogP contribution in [-0.2, 0) is 13.1 Å². The molecule has 3 aliphatic rings. The average molecular weight is 484 g/mol. The number of amides is 1. The minimum absolute atomic E-state index is 0.00421. The molecule has 0 saturated carbocycles. The highest BCUT2D eigenvalue weighted by atomic mass is 16.5. The van der Waals surface area contributed by atoms with E-state index in [-0.39, 0.29) is 11.9 Å². The van der Waals surface area contributed by atoms with Gasteiger partial charge in [-0.3, -0.25) is 4.79 Å². The first-order valence-corrected chi connectivity index (χ1v) is 12.7. The second-order valence-corrected chi connectivity index (χ2v) is 10.0. The van der Waals surface area contributed by atoms with Crippen molar-refractivity contribution in [3.8, 4) is 23.0 Å². The molecule has 8 heteroatoms. The smallest absolute Gasteiger partial charge is 0.254 e. The van der Waals surface area contributed by atoms with Crippen LogP contribution in [0.3, 0.4) is 0 Å². The number of piperidine rings is 1. The van der Waals surface area contributed by atoms with Crippen LogP contribution in [0.15, 0.2) is 48.0 Å². The van der Waals surface area contributed by atoms with E-state index in [0.29, 0.717) is 25.3 Å². The minimum atomic E-state index is -0.00421. The molecule has 36 heavy (non-hydrogen) atoms. The zero-order valence-corrected chi connectivity index (χ0v) is 20.4. The second kappa shape index (κ2) is 8.13. The fraction of sp³-hybridized carbons (Fsp3) is 0.357. The monoisotopic (exact) mass is 483 g/mol. The van der Waals surface area contributed by atoms with E-state index in [0.717, 1.165) is 77.3 Å². The van der Waals surface area contributed by atoms with Gasteiger partial charge in [-0.25, -0.2) is 4.98 Å². The number of rotatable bonds is 5. The fourth-order valence-corrected chi connectivity index (χ4v) is 5.62. The molecule has 1 saturated heterocycles. The van der Waals surface area contributed by atoms with Gasteiger partial charge in [-0.05, 0) is 49.6 Å². The maximum atomic E-state index is 13.4. The van der Waals surface area contributed by atoms with E-state index < -0.39 is 0 Å². The van der Waals surface area contributed by atoms with Crippen LogP contribution < -0.4 is 15.2 Å². The van der Waals surface area contributed by atoms with E-state index in [1.807, 2.05) is 23.1 Å². The molecule has 2 aromatic heterocycles. The molecule has 4 heterocycles. The highest BCUT2D eigenvalue weighted by Crippen LogP contribution is 2.38. The Labute approximate surface area is 208 Å². The van der Waals surface area contributed by atoms with Crippen molar-refractivity contribution >= 4 is 27.8 Å². The first-order valence-electron chi connectivity index (χ1n) is 12.7. The van der Waals surface area contributed by atoms with Crippen molar-refractivity contribution in [2.45, 2.75) is 38.4 Å². The third kappa shape index (κ3) is 3.47. The third-order valence-electron chi connectivity index (χ3n) is 7.57. The van der Waals surface area contributed by atoms with Gasteiger partial charge in [-0.2, -0.15) is 0 Å². The van der Waals surface area contributed by atoms with Crippen LogP contribution in [-0.4, -0.2) is 57.8 Å². The van der Waals surface area contributed by atoms with Gasteiger partial charge >= 0.3 is 0 Å². The number of allylic oxidation sites excluding steroid dienone is 2. The van der Waals surface area contributed by atoms with Gasteiger partial charge in [0.05, 0.1) is 30.4 Å². The third-order valence-corrected chi connectivity index (χ3v) is 7.57. The molecular weight excluding hydrogens is 454 g/mol. The van der Waals surface area contributed by atoms with Gasteiger partial charge in [0.1, 0.15) is 23.6 Å². The molecule has 7 rings (SSSR count). The highest BCUT2D eigenvalue weighted by Gasteiger charge is 2.28. The van der Waals surface area contributed by atoms with E-state index in [1.165, 1.54) is 5.57 Å². The molecule has 0 spiro atoms. The van der Waals surface area contributed by atoms with Crippen molar-refractivity contribution in [1.82, 2.24) is 19.0 Å². The summed E-state index contributed by atoms with van der Waals surface area (Å²) in [7, 11) is 1.70. The van der Waals surface area contributed by atoms with Gasteiger partial charge in [0.2, 0.25) is 0 Å². The van der Waals surface area contributed by atoms with Gasteiger partial charge < -0.3 is 29.2 Å². The number of hydrogen-bond donors (Lipinski definition) is 1. The summed E-state index contributed by atoms with van der Waals surface area (Å²) in [5.41, 5.74) is 12.1. The Bertz CT molecular complexity index is 1560. The normalized spacial score (nSPS) is 18.9. The van der Waals surface area contributed by atoms with Crippen LogP contribution in [0.4, 0.5) is 0 Å². The number of carbonyl (C=O) groups is 1. The van der Waals surface area contributed by atoms with Gasteiger partial charge in [0.25, 0.3) is 5.91 Å². The summed E-state index contributed by atoms with van der Waals surface area (Å²) < 4.78 is 16.1. The Morgan fingerprint density at radius 3 is 2.92 bits per heavy atom. The van der Waals surface area contributed by atoms with Crippen molar-refractivity contribution in [3.63, 3.8) is 0 Å². The summed E-state index contributed by atoms with van der Waals surface area (Å²) in [6.07, 6.45) is 5.21. The number of benzene rings is 2. The van der Waals surface area contributed by atoms with E-state index in [2.05, 4.69) is 33.4 Å². The van der Waals surface area contributed by atoms with Crippen molar-refractivity contribution in [2.24, 2.45) is 5.73 Å². The number of fused-ring (bicyclic) bond motifs is 1. The van der Waals surface area contributed by atoms with Gasteiger partial charge in [0.15, 0.2) is 5.82 Å². The molecule has 2 N–H and O–H groups in total. The van der Waals surface area contributed by atoms with Crippen LogP contribution in [0.2, 0.25) is 0 Å². The summed E-state index contributed by atoms with van der Waals surface area (Å²) in [6, 6.07) is 12.2. The molecule has 2 aromatic carbocycles. The Hall–Kier alpha value is -3.78. The number of ether oxygens (including phenoxy) is 2. The molecule has 1 atom stereocenters. The largest absolute Gasteiger partial charge is 0.497 e. The number of imidazole rings is 1. The van der Waals surface area contributed by atoms with E-state index in [9.17, 15) is 4.79 Å². The summed E-state index contributed by atoms with van der Waals surface area (Å²) in [6.45, 7) is 3.40. The fourth-order valence-electron chi connectivity index (χ4n) is 5.62. The lowest BCUT2D eigenvalue weighted by molar-refractivity contribution is 0.0708. The van der Waals surface area contributed by atoms with Crippen LogP contribution in [0.25, 0.3) is 33.5 Å². The van der Waals surface area contributed by atoms with E-state index in [4.69, 9.17) is 20.2 Å². The van der Waals surface area contributed by atoms with Crippen molar-refractivity contribution in [3.05, 3.63) is 53.6 Å². The van der Waals surface area contributed by atoms with Gasteiger partial charge in [-0.1, -0.05) is 11.6 Å². The number of hydrogen-bond acceptors (Lipinski definition) is 5. The van der Waals surface area contributed by atoms with E-state index in [1.54, 1.807) is 7.11 Å². The van der Waals surface area contributed by atoms with Crippen LogP contribution in [0.5, 0.6) is 11.5 Å². The highest BCUT2D eigenvalue weighted by molar-refractivity contribution is 6.00. The molecule has 1 aliphatic carbocycles. The van der Waals surface area contributed by atoms with Crippen LogP contribution >= 0.6 is 0 Å². The first-order chi connectivity index (χ1) is 17.6. The molecule has 4 aromatic rings. The lowest BCUT2D eigenvalue weighted by Gasteiger charge is -2.31. The summed E-state index contributed by atoms with van der Waals surface area (Å²) in [5, 5.41) is 1.15. The Kier molecular flexibility index (Phi) is 4.86. The van der Waals surface area contributed by atoms with E-state index >= 15 is 0 Å². The average Bonchev–Trinajstić information content (AvgIpc) is 3.55. The number of methoxy groups -OCH3 is 1. The van der Waals surface area contributed by atoms with Crippen molar-refractivity contribution in [2.75, 3.05) is 26.8 Å². The minimum Gasteiger partial charge on any atom is -0.497 e. The topological polar surface area (TPSA) is 87.5 Å². The number of aromatic nitrogens is 3. The Morgan fingerprint density at radius 2 is 2.11 bits per heavy atom. The van der Waals surface area contributed by atoms with Crippen LogP contribution in [0.1, 0.15) is 29.6 Å². The predicted octanol–water partition coefficient (Wildman–Crippen LogP) is 3.95. The maximum absolute atomic E-state index is 13.4. The number of nitrogens with zero attached hydrogens (tertiary/aromatic N) is 4. The SMILES string of the molecule is COc1ccc2cc(-c3nc4cc(C(=O)N5CCC[C@@H](N)C5)cc5c4n3CCO5)n(CC3=CC3)c2c1. The number of nitrogens with two attached hydrogens (primary N) is 1. The second-order valence-electron chi connectivity index (χ2n) is 10.0. The Morgan fingerprint density at radius 1 is 1.22 bits per heavy atom. The van der Waals surface area contributed by atoms with Gasteiger partial charge in [0, 0.05) is 42.7 Å². The molecule has 0 radical (unpaired) electrons. The quantitative estimate of drug-likeness (QED) is 0.434. The standard InChI is InChI=1S/C28H29N5O3/c1-35-21-7-6-18-12-24(33(23(18)14-21)15-17-4-5-17)27-30-22-11-19(13-25-26(22)32(27)9-10-36-25)28(34)31-8-2-3-20(29)16-31/h4,6-7,11-14,20H,2-3,5,8-10,15-16,29H2,1H3/t20-/m1/s1. The van der Waals surface area contributed by atoms with Gasteiger partial charge in [-0.15, -0.1) is 0 Å². The zero-order chi connectivity index (χ0) is 24.4. The molecule has 0 bridgehead atoms. The number of carbonyl (C=O) groups excluding carboxylic acids is 1. The number of likely N-dealkylation sites (tertiary alicyclic amines) is 1. The molecule has 2 aliphatic heterocycles. The van der Waals surface area contributed by atoms with Crippen molar-refractivity contribution in [1.29, 1.82) is 0 Å². The molecule has 8 nitrogen and oxygen atoms in total. The molecule has 1 amide bonds. The Balaban J connectivity index is 1.37. The molecule has 184 valence electrons. The van der Waals surface area contributed by atoms with Crippen LogP contribution in [0, 0.1) is 0 Å². The summed E-state index contributed by atoms with van der Waals surface area (Å²) in [5.74, 6) is 2.45. The summed E-state index contributed by atoms with van der Waals surface area (Å²) in [4.78, 5) is 20.3. The first kappa shape index (κ1) is 21.5. The molecule has 1 fully saturated rings. The molecule has 0 unspecified atom stereocenters. The zero-order valence-electron chi connectivity index (χ0n) is 20.4. The lowest BCUT2D eigenvalue weighted by atomic mass is 10.0. The van der Waals surface area contributed by atoms with Crippen molar-refractivity contribution < 1.29 is 14.3 Å². The maximum Gasteiger partial charge on any atom is 0.254 e. The summed E-state index contributed by atoms with van der Waals surface area (Å²) >= 11 is 0. The predicted molar refractivity (Wildman–Crippen MR) is 139 cm³/mol.